The molecule has 14 heavy (non-hydrogen) atoms. The molecular weight excluding hydrogens is 203 g/mol. The highest BCUT2D eigenvalue weighted by Gasteiger charge is 2.10. The van der Waals surface area contributed by atoms with Gasteiger partial charge < -0.3 is 0 Å². The lowest BCUT2D eigenvalue weighted by molar-refractivity contribution is 0.593. The average molecular weight is 216 g/mol. The predicted molar refractivity (Wildman–Crippen MR) is 54.2 cm³/mol. The van der Waals surface area contributed by atoms with E-state index in [1.807, 2.05) is 6.92 Å². The molecule has 0 fully saturated rings. The summed E-state index contributed by atoms with van der Waals surface area (Å²) in [6, 6.07) is 5.55. The Morgan fingerprint density at radius 2 is 1.79 bits per heavy atom. The Morgan fingerprint density at radius 1 is 1.21 bits per heavy atom. The van der Waals surface area contributed by atoms with Crippen LogP contribution in [-0.2, 0) is 15.6 Å². The Balaban J connectivity index is 2.74. The van der Waals surface area contributed by atoms with Gasteiger partial charge in [0.1, 0.15) is 5.82 Å². The van der Waals surface area contributed by atoms with E-state index >= 15 is 0 Å². The first-order chi connectivity index (χ1) is 6.53. The van der Waals surface area contributed by atoms with E-state index in [1.165, 1.54) is 24.3 Å². The van der Waals surface area contributed by atoms with Crippen LogP contribution < -0.4 is 0 Å². The first-order valence-corrected chi connectivity index (χ1v) is 6.30. The summed E-state index contributed by atoms with van der Waals surface area (Å²) in [7, 11) is -3.02. The Bertz CT molecular complexity index is 381. The lowest BCUT2D eigenvalue weighted by atomic mass is 10.2. The van der Waals surface area contributed by atoms with Crippen LogP contribution in [-0.4, -0.2) is 14.2 Å². The quantitative estimate of drug-likeness (QED) is 0.772. The zero-order chi connectivity index (χ0) is 10.6. The first kappa shape index (κ1) is 11.2. The molecule has 4 heteroatoms. The Labute approximate surface area is 83.7 Å². The summed E-state index contributed by atoms with van der Waals surface area (Å²) in [5.74, 6) is -0.160. The summed E-state index contributed by atoms with van der Waals surface area (Å²) in [5.41, 5.74) is 0.639. The molecule has 78 valence electrons. The Hall–Kier alpha value is -0.900. The fourth-order valence-electron chi connectivity index (χ4n) is 1.22. The van der Waals surface area contributed by atoms with Crippen molar-refractivity contribution in [1.29, 1.82) is 0 Å². The summed E-state index contributed by atoms with van der Waals surface area (Å²) >= 11 is 0. The van der Waals surface area contributed by atoms with Crippen LogP contribution in [0.15, 0.2) is 24.3 Å². The zero-order valence-corrected chi connectivity index (χ0v) is 8.85. The summed E-state index contributed by atoms with van der Waals surface area (Å²) in [6.07, 6.45) is 0.615. The average Bonchev–Trinajstić information content (AvgIpc) is 2.08. The van der Waals surface area contributed by atoms with Crippen LogP contribution >= 0.6 is 0 Å². The number of hydrogen-bond acceptors (Lipinski definition) is 2. The minimum absolute atomic E-state index is 0.00111. The highest BCUT2D eigenvalue weighted by Crippen LogP contribution is 2.08. The van der Waals surface area contributed by atoms with Gasteiger partial charge in [-0.3, -0.25) is 0 Å². The minimum Gasteiger partial charge on any atom is -0.228 e. The molecule has 0 aliphatic heterocycles. The highest BCUT2D eigenvalue weighted by atomic mass is 32.2. The van der Waals surface area contributed by atoms with E-state index in [-0.39, 0.29) is 17.3 Å². The van der Waals surface area contributed by atoms with Crippen molar-refractivity contribution in [3.05, 3.63) is 35.6 Å². The molecule has 0 radical (unpaired) electrons. The van der Waals surface area contributed by atoms with Crippen molar-refractivity contribution in [1.82, 2.24) is 0 Å². The van der Waals surface area contributed by atoms with Crippen molar-refractivity contribution >= 4 is 9.84 Å². The lowest BCUT2D eigenvalue weighted by Gasteiger charge is -2.02. The fourth-order valence-corrected chi connectivity index (χ4v) is 2.68. The van der Waals surface area contributed by atoms with Crippen LogP contribution in [0.25, 0.3) is 0 Å². The van der Waals surface area contributed by atoms with Crippen LogP contribution in [0.1, 0.15) is 18.9 Å². The van der Waals surface area contributed by atoms with Gasteiger partial charge >= 0.3 is 0 Å². The van der Waals surface area contributed by atoms with Gasteiger partial charge in [-0.05, 0) is 24.1 Å². The standard InChI is InChI=1S/C10H13FO2S/c1-2-7-14(12,13)8-9-3-5-10(11)6-4-9/h3-6H,2,7-8H2,1H3. The second kappa shape index (κ2) is 4.55. The SMILES string of the molecule is CCCS(=O)(=O)Cc1ccc(F)cc1. The molecule has 1 rings (SSSR count). The number of rotatable bonds is 4. The summed E-state index contributed by atoms with van der Waals surface area (Å²) in [6.45, 7) is 1.82. The molecule has 0 atom stereocenters. The van der Waals surface area contributed by atoms with E-state index in [2.05, 4.69) is 0 Å². The molecule has 1 aromatic carbocycles. The minimum atomic E-state index is -3.02. The van der Waals surface area contributed by atoms with Crippen molar-refractivity contribution in [2.24, 2.45) is 0 Å². The van der Waals surface area contributed by atoms with E-state index < -0.39 is 9.84 Å². The maximum absolute atomic E-state index is 12.5. The molecule has 1 aromatic rings. The van der Waals surface area contributed by atoms with Gasteiger partial charge in [0.15, 0.2) is 9.84 Å². The molecule has 0 saturated carbocycles. The smallest absolute Gasteiger partial charge is 0.154 e. The Morgan fingerprint density at radius 3 is 2.29 bits per heavy atom. The van der Waals surface area contributed by atoms with E-state index in [0.717, 1.165) is 0 Å². The molecule has 0 bridgehead atoms. The predicted octanol–water partition coefficient (Wildman–Crippen LogP) is 2.15. The van der Waals surface area contributed by atoms with Crippen LogP contribution in [0.4, 0.5) is 4.39 Å². The molecule has 0 unspecified atom stereocenters. The van der Waals surface area contributed by atoms with Crippen LogP contribution in [0, 0.1) is 5.82 Å². The first-order valence-electron chi connectivity index (χ1n) is 4.48. The van der Waals surface area contributed by atoms with E-state index in [0.29, 0.717) is 12.0 Å². The van der Waals surface area contributed by atoms with Crippen molar-refractivity contribution in [3.8, 4) is 0 Å². The second-order valence-electron chi connectivity index (χ2n) is 3.22. The van der Waals surface area contributed by atoms with Gasteiger partial charge in [0, 0.05) is 0 Å². The molecule has 0 N–H and O–H groups in total. The number of sulfone groups is 1. The van der Waals surface area contributed by atoms with Crippen LogP contribution in [0.3, 0.4) is 0 Å². The van der Waals surface area contributed by atoms with Crippen molar-refractivity contribution in [2.45, 2.75) is 19.1 Å². The largest absolute Gasteiger partial charge is 0.228 e. The van der Waals surface area contributed by atoms with Gasteiger partial charge in [-0.2, -0.15) is 0 Å². The number of benzene rings is 1. The normalized spacial score (nSPS) is 11.6. The third-order valence-corrected chi connectivity index (χ3v) is 3.62. The molecule has 0 amide bonds. The van der Waals surface area contributed by atoms with E-state index in [1.54, 1.807) is 0 Å². The fraction of sp³-hybridized carbons (Fsp3) is 0.400. The van der Waals surface area contributed by atoms with E-state index in [4.69, 9.17) is 0 Å². The zero-order valence-electron chi connectivity index (χ0n) is 8.03. The highest BCUT2D eigenvalue weighted by molar-refractivity contribution is 7.90. The summed E-state index contributed by atoms with van der Waals surface area (Å²) < 4.78 is 35.3. The Kier molecular flexibility index (Phi) is 3.63. The van der Waals surface area contributed by atoms with Crippen molar-refractivity contribution in [2.75, 3.05) is 5.75 Å². The second-order valence-corrected chi connectivity index (χ2v) is 5.40. The van der Waals surface area contributed by atoms with Crippen molar-refractivity contribution in [3.63, 3.8) is 0 Å². The third kappa shape index (κ3) is 3.46. The number of halogens is 1. The molecule has 2 nitrogen and oxygen atoms in total. The monoisotopic (exact) mass is 216 g/mol. The lowest BCUT2D eigenvalue weighted by Crippen LogP contribution is -2.08. The van der Waals surface area contributed by atoms with Gasteiger partial charge in [-0.15, -0.1) is 0 Å². The van der Waals surface area contributed by atoms with Gasteiger partial charge in [-0.1, -0.05) is 19.1 Å². The maximum Gasteiger partial charge on any atom is 0.154 e. The molecule has 0 aliphatic rings. The summed E-state index contributed by atoms with van der Waals surface area (Å²) in [4.78, 5) is 0. The molecule has 0 aliphatic carbocycles. The van der Waals surface area contributed by atoms with Crippen molar-refractivity contribution < 1.29 is 12.8 Å². The molecule has 0 spiro atoms. The molecule has 0 aromatic heterocycles. The van der Waals surface area contributed by atoms with E-state index in [9.17, 15) is 12.8 Å². The van der Waals surface area contributed by atoms with Crippen LogP contribution in [0.5, 0.6) is 0 Å². The summed E-state index contributed by atoms with van der Waals surface area (Å²) in [5, 5.41) is 0. The van der Waals surface area contributed by atoms with Gasteiger partial charge in [0.05, 0.1) is 11.5 Å². The van der Waals surface area contributed by atoms with Gasteiger partial charge in [0.2, 0.25) is 0 Å². The molecule has 0 saturated heterocycles. The third-order valence-electron chi connectivity index (χ3n) is 1.81. The van der Waals surface area contributed by atoms with Gasteiger partial charge in [-0.25, -0.2) is 12.8 Å². The maximum atomic E-state index is 12.5. The topological polar surface area (TPSA) is 34.1 Å². The van der Waals surface area contributed by atoms with Gasteiger partial charge in [0.25, 0.3) is 0 Å². The molecule has 0 heterocycles. The number of hydrogen-bond donors (Lipinski definition) is 0. The molecular formula is C10H13FO2S. The van der Waals surface area contributed by atoms with Crippen LogP contribution in [0.2, 0.25) is 0 Å².